The fourth-order valence-corrected chi connectivity index (χ4v) is 3.88. The van der Waals surface area contributed by atoms with E-state index in [9.17, 15) is 14.7 Å². The molecule has 0 saturated heterocycles. The summed E-state index contributed by atoms with van der Waals surface area (Å²) in [6.07, 6.45) is 3.48. The van der Waals surface area contributed by atoms with Crippen molar-refractivity contribution in [3.8, 4) is 0 Å². The van der Waals surface area contributed by atoms with Crippen LogP contribution in [0.25, 0.3) is 11.0 Å². The molecule has 7 nitrogen and oxygen atoms in total. The second-order valence-corrected chi connectivity index (χ2v) is 7.42. The highest BCUT2D eigenvalue weighted by Crippen LogP contribution is 2.40. The zero-order valence-electron chi connectivity index (χ0n) is 16.6. The van der Waals surface area contributed by atoms with Crippen LogP contribution in [0.3, 0.4) is 0 Å². The Morgan fingerprint density at radius 3 is 2.68 bits per heavy atom. The number of nitrogens with zero attached hydrogens (tertiary/aromatic N) is 1. The lowest BCUT2D eigenvalue weighted by atomic mass is 9.99. The van der Waals surface area contributed by atoms with Gasteiger partial charge >= 0.3 is 0 Å². The molecule has 0 bridgehead atoms. The second-order valence-electron chi connectivity index (χ2n) is 7.42. The van der Waals surface area contributed by atoms with E-state index >= 15 is 0 Å². The van der Waals surface area contributed by atoms with Gasteiger partial charge in [-0.2, -0.15) is 0 Å². The molecule has 5 rings (SSSR count). The van der Waals surface area contributed by atoms with Crippen LogP contribution in [-0.4, -0.2) is 16.6 Å². The minimum atomic E-state index is -0.936. The number of para-hydroxylation sites is 1. The number of aromatic amines is 1. The zero-order valence-corrected chi connectivity index (χ0v) is 16.6. The predicted octanol–water partition coefficient (Wildman–Crippen LogP) is 2.73. The SMILES string of the molecule is Cc1ccc(C2C(C(=O)c3cc4ccccc4o3)=C([O-])C(=O)N2Cc2ccc[nH+]c2)o1. The first kappa shape index (κ1) is 18.9. The Labute approximate surface area is 177 Å². The molecule has 0 spiro atoms. The smallest absolute Gasteiger partial charge is 0.240 e. The van der Waals surface area contributed by atoms with Crippen molar-refractivity contribution in [1.82, 2.24) is 4.90 Å². The van der Waals surface area contributed by atoms with Crippen LogP contribution in [0, 0.1) is 6.92 Å². The number of Topliss-reactive ketones (excluding diaryl/α,β-unsaturated/α-hetero) is 1. The highest BCUT2D eigenvalue weighted by Gasteiger charge is 2.42. The molecule has 1 aliphatic heterocycles. The highest BCUT2D eigenvalue weighted by atomic mass is 16.4. The van der Waals surface area contributed by atoms with Crippen LogP contribution in [0.4, 0.5) is 0 Å². The Bertz CT molecular complexity index is 1300. The van der Waals surface area contributed by atoms with Crippen LogP contribution >= 0.6 is 0 Å². The molecule has 0 fully saturated rings. The standard InChI is InChI=1S/C24H18N2O5/c1-14-8-9-18(30-14)21-20(22(27)19-11-16-6-2-3-7-17(16)31-19)23(28)24(29)26(21)13-15-5-4-10-25-12-15/h2-12,21,28H,13H2,1H3. The second kappa shape index (κ2) is 7.28. The molecule has 0 aliphatic carbocycles. The van der Waals surface area contributed by atoms with Crippen molar-refractivity contribution in [1.29, 1.82) is 0 Å². The van der Waals surface area contributed by atoms with Gasteiger partial charge < -0.3 is 18.8 Å². The van der Waals surface area contributed by atoms with Gasteiger partial charge in [0.15, 0.2) is 18.2 Å². The number of rotatable bonds is 5. The number of pyridine rings is 1. The monoisotopic (exact) mass is 414 g/mol. The van der Waals surface area contributed by atoms with E-state index < -0.39 is 23.5 Å². The Morgan fingerprint density at radius 2 is 1.97 bits per heavy atom. The Morgan fingerprint density at radius 1 is 1.13 bits per heavy atom. The number of hydrogen-bond donors (Lipinski definition) is 0. The van der Waals surface area contributed by atoms with Gasteiger partial charge in [-0.3, -0.25) is 9.59 Å². The van der Waals surface area contributed by atoms with Crippen molar-refractivity contribution < 1.29 is 28.5 Å². The molecule has 1 aromatic carbocycles. The first-order valence-corrected chi connectivity index (χ1v) is 9.79. The lowest BCUT2D eigenvalue weighted by Crippen LogP contribution is -2.32. The van der Waals surface area contributed by atoms with Crippen LogP contribution in [0.1, 0.15) is 33.7 Å². The van der Waals surface area contributed by atoms with Gasteiger partial charge in [-0.1, -0.05) is 18.2 Å². The summed E-state index contributed by atoms with van der Waals surface area (Å²) in [7, 11) is 0. The fraction of sp³-hybridized carbons (Fsp3) is 0.125. The molecule has 1 unspecified atom stereocenters. The molecule has 1 atom stereocenters. The van der Waals surface area contributed by atoms with Crippen molar-refractivity contribution in [2.24, 2.45) is 0 Å². The summed E-state index contributed by atoms with van der Waals surface area (Å²) in [6, 6.07) is 14.9. The van der Waals surface area contributed by atoms with Crippen LogP contribution in [0.5, 0.6) is 0 Å². The van der Waals surface area contributed by atoms with E-state index in [1.165, 1.54) is 4.90 Å². The summed E-state index contributed by atoms with van der Waals surface area (Å²) in [5, 5.41) is 13.7. The first-order valence-electron chi connectivity index (χ1n) is 9.79. The molecule has 0 saturated carbocycles. The minimum absolute atomic E-state index is 0.0144. The number of ketones is 1. The van der Waals surface area contributed by atoms with E-state index in [2.05, 4.69) is 4.98 Å². The van der Waals surface area contributed by atoms with Crippen molar-refractivity contribution in [3.63, 3.8) is 0 Å². The average molecular weight is 414 g/mol. The van der Waals surface area contributed by atoms with E-state index in [0.29, 0.717) is 17.1 Å². The fourth-order valence-electron chi connectivity index (χ4n) is 3.88. The Hall–Kier alpha value is -4.13. The van der Waals surface area contributed by atoms with E-state index in [0.717, 1.165) is 10.9 Å². The number of aryl methyl sites for hydroxylation is 1. The molecular weight excluding hydrogens is 396 g/mol. The predicted molar refractivity (Wildman–Crippen MR) is 107 cm³/mol. The number of carbonyl (C=O) groups is 2. The Kier molecular flexibility index (Phi) is 4.43. The molecule has 3 aromatic heterocycles. The molecule has 1 aliphatic rings. The largest absolute Gasteiger partial charge is 0.868 e. The summed E-state index contributed by atoms with van der Waals surface area (Å²) < 4.78 is 11.4. The molecule has 154 valence electrons. The summed E-state index contributed by atoms with van der Waals surface area (Å²) in [6.45, 7) is 1.91. The number of nitrogens with one attached hydrogen (secondary N) is 1. The molecule has 7 heteroatoms. The number of fused-ring (bicyclic) bond motifs is 1. The van der Waals surface area contributed by atoms with Crippen molar-refractivity contribution >= 4 is 22.7 Å². The maximum atomic E-state index is 13.4. The molecule has 1 amide bonds. The average Bonchev–Trinajstić information content (AvgIpc) is 3.46. The molecular formula is C24H18N2O5. The third kappa shape index (κ3) is 3.20. The topological polar surface area (TPSA) is 101 Å². The van der Waals surface area contributed by atoms with Gasteiger partial charge in [-0.25, -0.2) is 4.98 Å². The summed E-state index contributed by atoms with van der Waals surface area (Å²) in [4.78, 5) is 30.6. The van der Waals surface area contributed by atoms with Gasteiger partial charge in [0.25, 0.3) is 0 Å². The van der Waals surface area contributed by atoms with Crippen molar-refractivity contribution in [2.75, 3.05) is 0 Å². The maximum Gasteiger partial charge on any atom is 0.240 e. The van der Waals surface area contributed by atoms with Crippen LogP contribution in [0.15, 0.2) is 87.2 Å². The van der Waals surface area contributed by atoms with Crippen LogP contribution in [0.2, 0.25) is 0 Å². The zero-order chi connectivity index (χ0) is 21.5. The van der Waals surface area contributed by atoms with Gasteiger partial charge in [-0.05, 0) is 43.0 Å². The van der Waals surface area contributed by atoms with E-state index in [4.69, 9.17) is 8.83 Å². The number of aromatic nitrogens is 1. The Balaban J connectivity index is 1.59. The third-order valence-corrected chi connectivity index (χ3v) is 5.33. The van der Waals surface area contributed by atoms with Gasteiger partial charge in [-0.15, -0.1) is 0 Å². The molecule has 0 radical (unpaired) electrons. The minimum Gasteiger partial charge on any atom is -0.868 e. The number of hydrogen-bond acceptors (Lipinski definition) is 5. The van der Waals surface area contributed by atoms with Crippen molar-refractivity contribution in [2.45, 2.75) is 19.5 Å². The van der Waals surface area contributed by atoms with E-state index in [1.54, 1.807) is 55.7 Å². The van der Waals surface area contributed by atoms with Gasteiger partial charge in [0.05, 0.1) is 6.54 Å². The highest BCUT2D eigenvalue weighted by molar-refractivity contribution is 6.15. The molecule has 4 aromatic rings. The number of carbonyl (C=O) groups excluding carboxylic acids is 2. The van der Waals surface area contributed by atoms with Crippen molar-refractivity contribution in [3.05, 3.63) is 101 Å². The van der Waals surface area contributed by atoms with E-state index in [1.807, 2.05) is 18.2 Å². The lowest BCUT2D eigenvalue weighted by molar-refractivity contribution is -0.378. The summed E-state index contributed by atoms with van der Waals surface area (Å²) >= 11 is 0. The first-order chi connectivity index (χ1) is 15.0. The molecule has 31 heavy (non-hydrogen) atoms. The lowest BCUT2D eigenvalue weighted by Gasteiger charge is -2.25. The number of amides is 1. The molecule has 1 N–H and O–H groups in total. The van der Waals surface area contributed by atoms with Gasteiger partial charge in [0, 0.05) is 22.6 Å². The number of furan rings is 2. The quantitative estimate of drug-likeness (QED) is 0.468. The summed E-state index contributed by atoms with van der Waals surface area (Å²) in [5.74, 6) is -1.22. The van der Waals surface area contributed by atoms with Gasteiger partial charge in [0.2, 0.25) is 11.7 Å². The number of benzene rings is 1. The van der Waals surface area contributed by atoms with Gasteiger partial charge in [0.1, 0.15) is 23.1 Å². The third-order valence-electron chi connectivity index (χ3n) is 5.33. The maximum absolute atomic E-state index is 13.4. The normalized spacial score (nSPS) is 16.5. The summed E-state index contributed by atoms with van der Waals surface area (Å²) in [5.41, 5.74) is 1.15. The molecule has 4 heterocycles. The number of H-pyrrole nitrogens is 1. The van der Waals surface area contributed by atoms with E-state index in [-0.39, 0.29) is 17.9 Å². The van der Waals surface area contributed by atoms with Crippen LogP contribution in [-0.2, 0) is 11.3 Å². The van der Waals surface area contributed by atoms with Crippen LogP contribution < -0.4 is 10.1 Å².